The molecule has 2 N–H and O–H groups in total. The third-order valence-electron chi connectivity index (χ3n) is 3.85. The Labute approximate surface area is 123 Å². The van der Waals surface area contributed by atoms with Crippen LogP contribution in [0.2, 0.25) is 0 Å². The molecule has 0 aliphatic heterocycles. The summed E-state index contributed by atoms with van der Waals surface area (Å²) in [6.45, 7) is 4.50. The third kappa shape index (κ3) is 7.42. The molecule has 0 spiro atoms. The smallest absolute Gasteiger partial charge is 0.119 e. The van der Waals surface area contributed by atoms with Gasteiger partial charge in [0.1, 0.15) is 11.5 Å². The Bertz CT molecular complexity index is 353. The van der Waals surface area contributed by atoms with Crippen molar-refractivity contribution in [2.24, 2.45) is 5.92 Å². The fraction of sp³-hybridized carbons (Fsp3) is 0.667. The summed E-state index contributed by atoms with van der Waals surface area (Å²) < 4.78 is 0. The molecule has 0 amide bonds. The molecule has 1 unspecified atom stereocenters. The maximum atomic E-state index is 9.46. The predicted molar refractivity (Wildman–Crippen MR) is 85.2 cm³/mol. The van der Waals surface area contributed by atoms with Gasteiger partial charge in [-0.1, -0.05) is 65.2 Å². The Morgan fingerprint density at radius 3 is 2.00 bits per heavy atom. The van der Waals surface area contributed by atoms with E-state index in [4.69, 9.17) is 0 Å². The lowest BCUT2D eigenvalue weighted by Gasteiger charge is -2.12. The van der Waals surface area contributed by atoms with E-state index in [9.17, 15) is 10.2 Å². The van der Waals surface area contributed by atoms with Crippen LogP contribution < -0.4 is 0 Å². The van der Waals surface area contributed by atoms with Gasteiger partial charge in [0.15, 0.2) is 0 Å². The number of phenols is 2. The van der Waals surface area contributed by atoms with Gasteiger partial charge in [0.2, 0.25) is 0 Å². The number of benzene rings is 1. The minimum Gasteiger partial charge on any atom is -0.508 e. The first-order chi connectivity index (χ1) is 9.61. The molecule has 0 saturated carbocycles. The lowest BCUT2D eigenvalue weighted by Crippen LogP contribution is -1.99. The Morgan fingerprint density at radius 1 is 0.850 bits per heavy atom. The summed E-state index contributed by atoms with van der Waals surface area (Å²) in [5.74, 6) is 0.915. The molecule has 1 atom stereocenters. The molecule has 1 rings (SSSR count). The highest BCUT2D eigenvalue weighted by Crippen LogP contribution is 2.24. The van der Waals surface area contributed by atoms with E-state index in [1.807, 2.05) is 0 Å². The SMILES string of the molecule is CCCCCCCCCC(C)Cc1cc(O)cc(O)c1. The summed E-state index contributed by atoms with van der Waals surface area (Å²) in [5.41, 5.74) is 1.03. The van der Waals surface area contributed by atoms with E-state index in [1.54, 1.807) is 12.1 Å². The predicted octanol–water partition coefficient (Wildman–Crippen LogP) is 5.42. The highest BCUT2D eigenvalue weighted by Gasteiger charge is 2.06. The van der Waals surface area contributed by atoms with Gasteiger partial charge in [0, 0.05) is 6.07 Å². The van der Waals surface area contributed by atoms with E-state index in [-0.39, 0.29) is 11.5 Å². The summed E-state index contributed by atoms with van der Waals surface area (Å²) in [4.78, 5) is 0. The number of hydrogen-bond acceptors (Lipinski definition) is 2. The first-order valence-electron chi connectivity index (χ1n) is 8.13. The Balaban J connectivity index is 2.15. The second-order valence-corrected chi connectivity index (χ2v) is 6.08. The minimum absolute atomic E-state index is 0.156. The van der Waals surface area contributed by atoms with Gasteiger partial charge in [-0.2, -0.15) is 0 Å². The molecule has 1 aromatic rings. The zero-order valence-electron chi connectivity index (χ0n) is 13.1. The second-order valence-electron chi connectivity index (χ2n) is 6.08. The topological polar surface area (TPSA) is 40.5 Å². The molecule has 0 heterocycles. The van der Waals surface area contributed by atoms with Gasteiger partial charge < -0.3 is 10.2 Å². The molecular weight excluding hydrogens is 248 g/mol. The zero-order chi connectivity index (χ0) is 14.8. The van der Waals surface area contributed by atoms with Gasteiger partial charge >= 0.3 is 0 Å². The minimum atomic E-state index is 0.156. The Hall–Kier alpha value is -1.18. The van der Waals surface area contributed by atoms with Crippen LogP contribution in [0.15, 0.2) is 18.2 Å². The monoisotopic (exact) mass is 278 g/mol. The summed E-state index contributed by atoms with van der Waals surface area (Å²) >= 11 is 0. The molecule has 1 aromatic carbocycles. The zero-order valence-corrected chi connectivity index (χ0v) is 13.1. The largest absolute Gasteiger partial charge is 0.508 e. The summed E-state index contributed by atoms with van der Waals surface area (Å²) in [5, 5.41) is 18.9. The molecule has 0 saturated heterocycles. The van der Waals surface area contributed by atoms with Crippen molar-refractivity contribution in [3.8, 4) is 11.5 Å². The van der Waals surface area contributed by atoms with Crippen molar-refractivity contribution in [2.45, 2.75) is 71.6 Å². The van der Waals surface area contributed by atoms with Crippen molar-refractivity contribution < 1.29 is 10.2 Å². The van der Waals surface area contributed by atoms with Crippen LogP contribution >= 0.6 is 0 Å². The first-order valence-corrected chi connectivity index (χ1v) is 8.13. The van der Waals surface area contributed by atoms with Crippen molar-refractivity contribution in [3.05, 3.63) is 23.8 Å². The Kier molecular flexibility index (Phi) is 8.17. The number of phenolic OH excluding ortho intramolecular Hbond substituents is 2. The van der Waals surface area contributed by atoms with Crippen molar-refractivity contribution in [3.63, 3.8) is 0 Å². The number of rotatable bonds is 10. The number of aromatic hydroxyl groups is 2. The van der Waals surface area contributed by atoms with E-state index in [0.717, 1.165) is 12.0 Å². The molecule has 0 aromatic heterocycles. The van der Waals surface area contributed by atoms with E-state index in [1.165, 1.54) is 57.4 Å². The van der Waals surface area contributed by atoms with Crippen molar-refractivity contribution in [1.82, 2.24) is 0 Å². The standard InChI is InChI=1S/C18H30O2/c1-3-4-5-6-7-8-9-10-15(2)11-16-12-17(19)14-18(20)13-16/h12-15,19-20H,3-11H2,1-2H3. The summed E-state index contributed by atoms with van der Waals surface area (Å²) in [7, 11) is 0. The molecule has 0 bridgehead atoms. The van der Waals surface area contributed by atoms with Crippen molar-refractivity contribution >= 4 is 0 Å². The van der Waals surface area contributed by atoms with Crippen LogP contribution in [0.25, 0.3) is 0 Å². The van der Waals surface area contributed by atoms with Gasteiger partial charge in [-0.25, -0.2) is 0 Å². The van der Waals surface area contributed by atoms with Crippen LogP contribution in [0.4, 0.5) is 0 Å². The normalized spacial score (nSPS) is 12.5. The summed E-state index contributed by atoms with van der Waals surface area (Å²) in [6, 6.07) is 4.88. The molecule has 0 fully saturated rings. The van der Waals surface area contributed by atoms with Crippen LogP contribution in [0, 0.1) is 5.92 Å². The average molecular weight is 278 g/mol. The highest BCUT2D eigenvalue weighted by molar-refractivity contribution is 5.36. The lowest BCUT2D eigenvalue weighted by atomic mass is 9.95. The Morgan fingerprint density at radius 2 is 1.40 bits per heavy atom. The molecule has 20 heavy (non-hydrogen) atoms. The molecule has 0 aliphatic carbocycles. The average Bonchev–Trinajstić information content (AvgIpc) is 2.36. The molecular formula is C18H30O2. The second kappa shape index (κ2) is 9.68. The lowest BCUT2D eigenvalue weighted by molar-refractivity contribution is 0.444. The van der Waals surface area contributed by atoms with E-state index in [2.05, 4.69) is 13.8 Å². The van der Waals surface area contributed by atoms with Gasteiger partial charge in [-0.15, -0.1) is 0 Å². The fourth-order valence-electron chi connectivity index (χ4n) is 2.73. The molecule has 114 valence electrons. The van der Waals surface area contributed by atoms with Gasteiger partial charge in [0.05, 0.1) is 0 Å². The van der Waals surface area contributed by atoms with Gasteiger partial charge in [0.25, 0.3) is 0 Å². The van der Waals surface area contributed by atoms with Crippen LogP contribution in [0.5, 0.6) is 11.5 Å². The third-order valence-corrected chi connectivity index (χ3v) is 3.85. The van der Waals surface area contributed by atoms with Gasteiger partial charge in [-0.05, 0) is 30.0 Å². The quantitative estimate of drug-likeness (QED) is 0.561. The molecule has 2 heteroatoms. The molecule has 0 aliphatic rings. The molecule has 2 nitrogen and oxygen atoms in total. The van der Waals surface area contributed by atoms with E-state index >= 15 is 0 Å². The maximum Gasteiger partial charge on any atom is 0.119 e. The van der Waals surface area contributed by atoms with Crippen LogP contribution in [0.3, 0.4) is 0 Å². The first kappa shape index (κ1) is 16.9. The highest BCUT2D eigenvalue weighted by atomic mass is 16.3. The van der Waals surface area contributed by atoms with Crippen LogP contribution in [-0.2, 0) is 6.42 Å². The molecule has 0 radical (unpaired) electrons. The number of hydrogen-bond donors (Lipinski definition) is 2. The van der Waals surface area contributed by atoms with Crippen LogP contribution in [-0.4, -0.2) is 10.2 Å². The number of unbranched alkanes of at least 4 members (excludes halogenated alkanes) is 6. The summed E-state index contributed by atoms with van der Waals surface area (Å²) in [6.07, 6.45) is 11.6. The van der Waals surface area contributed by atoms with Crippen molar-refractivity contribution in [2.75, 3.05) is 0 Å². The van der Waals surface area contributed by atoms with Gasteiger partial charge in [-0.3, -0.25) is 0 Å². The van der Waals surface area contributed by atoms with E-state index < -0.39 is 0 Å². The van der Waals surface area contributed by atoms with Crippen LogP contribution in [0.1, 0.15) is 70.8 Å². The fourth-order valence-corrected chi connectivity index (χ4v) is 2.73. The van der Waals surface area contributed by atoms with Crippen molar-refractivity contribution in [1.29, 1.82) is 0 Å². The van der Waals surface area contributed by atoms with E-state index in [0.29, 0.717) is 5.92 Å². The maximum absolute atomic E-state index is 9.46.